The number of hydrogen-bond donors (Lipinski definition) is 0. The predicted octanol–water partition coefficient (Wildman–Crippen LogP) is 2.37. The first-order valence-electron chi connectivity index (χ1n) is 4.02. The van der Waals surface area contributed by atoms with Crippen molar-refractivity contribution < 1.29 is 9.66 Å². The Hall–Kier alpha value is -0.940. The molecule has 0 aromatic heterocycles. The lowest BCUT2D eigenvalue weighted by Gasteiger charge is -2.15. The number of hydrogen-bond acceptors (Lipinski definition) is 3. The molecule has 0 fully saturated rings. The van der Waals surface area contributed by atoms with E-state index < -0.39 is 16.0 Å². The van der Waals surface area contributed by atoms with E-state index in [-0.39, 0.29) is 0 Å². The minimum absolute atomic E-state index is 0.416. The summed E-state index contributed by atoms with van der Waals surface area (Å²) >= 11 is 2.98. The maximum atomic E-state index is 10.6. The highest BCUT2D eigenvalue weighted by atomic mass is 79.9. The van der Waals surface area contributed by atoms with Gasteiger partial charge in [-0.1, -0.05) is 30.3 Å². The van der Waals surface area contributed by atoms with E-state index in [0.29, 0.717) is 0 Å². The molecule has 76 valence electrons. The van der Waals surface area contributed by atoms with Gasteiger partial charge in [-0.2, -0.15) is 0 Å². The Bertz CT molecular complexity index is 304. The number of nitro groups is 1. The van der Waals surface area contributed by atoms with Gasteiger partial charge in [0.15, 0.2) is 6.10 Å². The summed E-state index contributed by atoms with van der Waals surface area (Å²) in [6.45, 7) is 0. The van der Waals surface area contributed by atoms with E-state index in [0.717, 1.165) is 5.56 Å². The van der Waals surface area contributed by atoms with Crippen molar-refractivity contribution in [2.45, 2.75) is 11.1 Å². The van der Waals surface area contributed by atoms with Crippen LogP contribution in [0, 0.1) is 10.1 Å². The highest BCUT2D eigenvalue weighted by molar-refractivity contribution is 9.09. The zero-order valence-electron chi connectivity index (χ0n) is 7.59. The maximum Gasteiger partial charge on any atom is 0.295 e. The molecule has 1 aromatic carbocycles. The first kappa shape index (κ1) is 11.1. The molecule has 0 saturated heterocycles. The summed E-state index contributed by atoms with van der Waals surface area (Å²) in [6, 6.07) is 9.09. The van der Waals surface area contributed by atoms with Gasteiger partial charge in [-0.15, -0.1) is 0 Å². The third kappa shape index (κ3) is 2.52. The summed E-state index contributed by atoms with van der Waals surface area (Å²) in [6.07, 6.45) is -0.564. The SMILES string of the molecule is COC(c1ccccc1)C(Br)[N+](=O)[O-]. The van der Waals surface area contributed by atoms with Crippen LogP contribution in [0.5, 0.6) is 0 Å². The molecule has 1 aromatic rings. The van der Waals surface area contributed by atoms with Crippen LogP contribution in [0.25, 0.3) is 0 Å². The molecule has 4 nitrogen and oxygen atoms in total. The molecule has 2 atom stereocenters. The minimum Gasteiger partial charge on any atom is -0.369 e. The first-order chi connectivity index (χ1) is 6.66. The van der Waals surface area contributed by atoms with Gasteiger partial charge in [0.2, 0.25) is 0 Å². The molecule has 0 aliphatic rings. The van der Waals surface area contributed by atoms with Crippen molar-refractivity contribution in [2.75, 3.05) is 7.11 Å². The fourth-order valence-electron chi connectivity index (χ4n) is 1.16. The molecule has 0 amide bonds. The highest BCUT2D eigenvalue weighted by Crippen LogP contribution is 2.25. The van der Waals surface area contributed by atoms with Crippen molar-refractivity contribution in [2.24, 2.45) is 0 Å². The Labute approximate surface area is 90.2 Å². The second-order valence-corrected chi connectivity index (χ2v) is 3.66. The first-order valence-corrected chi connectivity index (χ1v) is 4.93. The normalized spacial score (nSPS) is 14.7. The van der Waals surface area contributed by atoms with E-state index >= 15 is 0 Å². The van der Waals surface area contributed by atoms with Crippen LogP contribution >= 0.6 is 15.9 Å². The Kier molecular flexibility index (Phi) is 4.03. The third-order valence-electron chi connectivity index (χ3n) is 1.83. The van der Waals surface area contributed by atoms with Crippen molar-refractivity contribution in [1.29, 1.82) is 0 Å². The van der Waals surface area contributed by atoms with E-state index in [1.54, 1.807) is 12.1 Å². The highest BCUT2D eigenvalue weighted by Gasteiger charge is 2.29. The van der Waals surface area contributed by atoms with Crippen LogP contribution in [0.1, 0.15) is 11.7 Å². The number of rotatable bonds is 4. The van der Waals surface area contributed by atoms with E-state index in [9.17, 15) is 10.1 Å². The fraction of sp³-hybridized carbons (Fsp3) is 0.333. The number of halogens is 1. The largest absolute Gasteiger partial charge is 0.369 e. The van der Waals surface area contributed by atoms with Gasteiger partial charge >= 0.3 is 0 Å². The molecule has 14 heavy (non-hydrogen) atoms. The lowest BCUT2D eigenvalue weighted by molar-refractivity contribution is -0.505. The molecule has 0 N–H and O–H groups in total. The van der Waals surface area contributed by atoms with Crippen LogP contribution in [0.4, 0.5) is 0 Å². The summed E-state index contributed by atoms with van der Waals surface area (Å²) in [4.78, 5) is 9.21. The molecule has 0 aliphatic heterocycles. The second kappa shape index (κ2) is 5.07. The topological polar surface area (TPSA) is 52.4 Å². The van der Waals surface area contributed by atoms with Gasteiger partial charge in [-0.05, 0) is 21.5 Å². The zero-order valence-corrected chi connectivity index (χ0v) is 9.18. The Balaban J connectivity index is 2.87. The Morgan fingerprint density at radius 2 is 2.00 bits per heavy atom. The van der Waals surface area contributed by atoms with E-state index in [2.05, 4.69) is 15.9 Å². The maximum absolute atomic E-state index is 10.6. The van der Waals surface area contributed by atoms with Gasteiger partial charge in [0.25, 0.3) is 4.95 Å². The number of nitrogens with zero attached hydrogens (tertiary/aromatic N) is 1. The summed E-state index contributed by atoms with van der Waals surface area (Å²) < 4.78 is 5.07. The molecule has 0 spiro atoms. The summed E-state index contributed by atoms with van der Waals surface area (Å²) in [7, 11) is 1.45. The average molecular weight is 260 g/mol. The van der Waals surface area contributed by atoms with Crippen LogP contribution in [0.15, 0.2) is 30.3 Å². The van der Waals surface area contributed by atoms with Crippen LogP contribution in [0.2, 0.25) is 0 Å². The van der Waals surface area contributed by atoms with Crippen LogP contribution in [-0.2, 0) is 4.74 Å². The number of alkyl halides is 1. The van der Waals surface area contributed by atoms with Crippen molar-refractivity contribution in [3.8, 4) is 0 Å². The molecule has 0 saturated carbocycles. The van der Waals surface area contributed by atoms with Crippen molar-refractivity contribution in [3.63, 3.8) is 0 Å². The number of benzene rings is 1. The molecule has 0 radical (unpaired) electrons. The van der Waals surface area contributed by atoms with Gasteiger partial charge in [-0.25, -0.2) is 0 Å². The number of methoxy groups -OCH3 is 1. The van der Waals surface area contributed by atoms with Crippen LogP contribution in [0.3, 0.4) is 0 Å². The molecule has 0 aliphatic carbocycles. The predicted molar refractivity (Wildman–Crippen MR) is 55.9 cm³/mol. The van der Waals surface area contributed by atoms with Gasteiger partial charge < -0.3 is 4.74 Å². The summed E-state index contributed by atoms with van der Waals surface area (Å²) in [5.41, 5.74) is 0.786. The van der Waals surface area contributed by atoms with Crippen molar-refractivity contribution in [1.82, 2.24) is 0 Å². The van der Waals surface area contributed by atoms with Gasteiger partial charge in [-0.3, -0.25) is 10.1 Å². The Morgan fingerprint density at radius 3 is 2.43 bits per heavy atom. The second-order valence-electron chi connectivity index (χ2n) is 2.72. The van der Waals surface area contributed by atoms with Crippen molar-refractivity contribution >= 4 is 15.9 Å². The number of ether oxygens (including phenoxy) is 1. The van der Waals surface area contributed by atoms with Crippen LogP contribution in [-0.4, -0.2) is 17.0 Å². The van der Waals surface area contributed by atoms with E-state index in [1.807, 2.05) is 18.2 Å². The molecule has 0 heterocycles. The van der Waals surface area contributed by atoms with E-state index in [1.165, 1.54) is 7.11 Å². The zero-order chi connectivity index (χ0) is 10.6. The molecule has 5 heteroatoms. The third-order valence-corrected chi connectivity index (χ3v) is 2.65. The summed E-state index contributed by atoms with van der Waals surface area (Å²) in [5, 5.41) is 10.6. The van der Waals surface area contributed by atoms with Crippen LogP contribution < -0.4 is 0 Å². The van der Waals surface area contributed by atoms with Gasteiger partial charge in [0.05, 0.1) is 0 Å². The smallest absolute Gasteiger partial charge is 0.295 e. The van der Waals surface area contributed by atoms with Gasteiger partial charge in [0, 0.05) is 12.0 Å². The average Bonchev–Trinajstić information content (AvgIpc) is 2.20. The molecular weight excluding hydrogens is 250 g/mol. The quantitative estimate of drug-likeness (QED) is 0.361. The lowest BCUT2D eigenvalue weighted by atomic mass is 10.1. The Morgan fingerprint density at radius 1 is 1.43 bits per heavy atom. The standard InChI is InChI=1S/C9H10BrNO3/c1-14-8(9(10)11(12)13)7-5-3-2-4-6-7/h2-6,8-9H,1H3. The van der Waals surface area contributed by atoms with E-state index in [4.69, 9.17) is 4.74 Å². The minimum atomic E-state index is -0.921. The lowest BCUT2D eigenvalue weighted by Crippen LogP contribution is -2.22. The molecule has 0 bridgehead atoms. The summed E-state index contributed by atoms with van der Waals surface area (Å²) in [5.74, 6) is 0. The molecule has 1 rings (SSSR count). The fourth-order valence-corrected chi connectivity index (χ4v) is 1.68. The monoisotopic (exact) mass is 259 g/mol. The molecular formula is C9H10BrNO3. The van der Waals surface area contributed by atoms with Crippen molar-refractivity contribution in [3.05, 3.63) is 46.0 Å². The molecule has 2 unspecified atom stereocenters. The van der Waals surface area contributed by atoms with Gasteiger partial charge in [0.1, 0.15) is 0 Å².